The van der Waals surface area contributed by atoms with Gasteiger partial charge in [-0.25, -0.2) is 8.78 Å². The third kappa shape index (κ3) is 3.11. The third-order valence-electron chi connectivity index (χ3n) is 3.15. The minimum absolute atomic E-state index is 0.295. The van der Waals surface area contributed by atoms with Gasteiger partial charge in [0.2, 0.25) is 0 Å². The fourth-order valence-electron chi connectivity index (χ4n) is 2.06. The van der Waals surface area contributed by atoms with Crippen LogP contribution >= 0.6 is 0 Å². The Morgan fingerprint density at radius 3 is 2.42 bits per heavy atom. The molecule has 2 aromatic carbocycles. The smallest absolute Gasteiger partial charge is 0.128 e. The van der Waals surface area contributed by atoms with Gasteiger partial charge >= 0.3 is 0 Å². The Bertz CT molecular complexity index is 593. The summed E-state index contributed by atoms with van der Waals surface area (Å²) in [4.78, 5) is 0. The molecule has 2 rings (SSSR count). The summed E-state index contributed by atoms with van der Waals surface area (Å²) in [6.07, 6.45) is 0. The predicted octanol–water partition coefficient (Wildman–Crippen LogP) is 4.75. The lowest BCUT2D eigenvalue weighted by Crippen LogP contribution is -2.09. The Morgan fingerprint density at radius 2 is 1.74 bits per heavy atom. The number of rotatable bonds is 3. The first-order valence-electron chi connectivity index (χ1n) is 6.26. The van der Waals surface area contributed by atoms with E-state index in [0.717, 1.165) is 11.3 Å². The SMILES string of the molecule is Cc1cccc(NC(C)c2cc(F)c(C)cc2F)c1. The van der Waals surface area contributed by atoms with E-state index < -0.39 is 0 Å². The molecular weight excluding hydrogens is 244 g/mol. The zero-order valence-electron chi connectivity index (χ0n) is 11.3. The first-order chi connectivity index (χ1) is 8.97. The Morgan fingerprint density at radius 1 is 1.00 bits per heavy atom. The summed E-state index contributed by atoms with van der Waals surface area (Å²) in [6.45, 7) is 5.36. The van der Waals surface area contributed by atoms with Crippen molar-refractivity contribution in [3.63, 3.8) is 0 Å². The van der Waals surface area contributed by atoms with Crippen molar-refractivity contribution in [2.75, 3.05) is 5.32 Å². The van der Waals surface area contributed by atoms with Crippen LogP contribution < -0.4 is 5.32 Å². The van der Waals surface area contributed by atoms with Crippen LogP contribution in [-0.2, 0) is 0 Å². The summed E-state index contributed by atoms with van der Waals surface area (Å²) >= 11 is 0. The predicted molar refractivity (Wildman–Crippen MR) is 74.3 cm³/mol. The molecule has 0 aliphatic heterocycles. The van der Waals surface area contributed by atoms with Gasteiger partial charge in [0.25, 0.3) is 0 Å². The topological polar surface area (TPSA) is 12.0 Å². The van der Waals surface area contributed by atoms with Crippen LogP contribution in [0.5, 0.6) is 0 Å². The van der Waals surface area contributed by atoms with Gasteiger partial charge in [-0.2, -0.15) is 0 Å². The van der Waals surface area contributed by atoms with Crippen molar-refractivity contribution in [3.8, 4) is 0 Å². The molecule has 0 bridgehead atoms. The Labute approximate surface area is 112 Å². The standard InChI is InChI=1S/C16H17F2N/c1-10-5-4-6-13(7-10)19-12(3)14-9-15(17)11(2)8-16(14)18/h4-9,12,19H,1-3H3. The van der Waals surface area contributed by atoms with Gasteiger partial charge in [-0.05, 0) is 56.2 Å². The summed E-state index contributed by atoms with van der Waals surface area (Å²) < 4.78 is 27.4. The highest BCUT2D eigenvalue weighted by Gasteiger charge is 2.13. The van der Waals surface area contributed by atoms with Gasteiger partial charge in [0.05, 0.1) is 6.04 Å². The molecule has 19 heavy (non-hydrogen) atoms. The van der Waals surface area contributed by atoms with Gasteiger partial charge in [-0.15, -0.1) is 0 Å². The van der Waals surface area contributed by atoms with Crippen LogP contribution in [0.25, 0.3) is 0 Å². The highest BCUT2D eigenvalue weighted by Crippen LogP contribution is 2.24. The Kier molecular flexibility index (Phi) is 3.84. The molecule has 0 aliphatic carbocycles. The molecule has 1 atom stereocenters. The van der Waals surface area contributed by atoms with Crippen molar-refractivity contribution in [1.29, 1.82) is 0 Å². The molecular formula is C16H17F2N. The summed E-state index contributed by atoms with van der Waals surface area (Å²) in [5, 5.41) is 3.18. The van der Waals surface area contributed by atoms with Crippen LogP contribution in [-0.4, -0.2) is 0 Å². The first kappa shape index (κ1) is 13.5. The molecule has 0 amide bonds. The van der Waals surface area contributed by atoms with Crippen molar-refractivity contribution in [2.45, 2.75) is 26.8 Å². The van der Waals surface area contributed by atoms with Gasteiger partial charge in [0, 0.05) is 11.3 Å². The maximum atomic E-state index is 13.9. The van der Waals surface area contributed by atoms with Crippen LogP contribution in [0, 0.1) is 25.5 Å². The summed E-state index contributed by atoms with van der Waals surface area (Å²) in [5.41, 5.74) is 2.68. The minimum Gasteiger partial charge on any atom is -0.378 e. The molecule has 1 nitrogen and oxygen atoms in total. The van der Waals surface area contributed by atoms with Crippen LogP contribution in [0.1, 0.15) is 29.7 Å². The van der Waals surface area contributed by atoms with E-state index in [9.17, 15) is 8.78 Å². The summed E-state index contributed by atoms with van der Waals surface area (Å²) in [5.74, 6) is -0.763. The van der Waals surface area contributed by atoms with E-state index in [4.69, 9.17) is 0 Å². The normalized spacial score (nSPS) is 12.3. The van der Waals surface area contributed by atoms with Crippen molar-refractivity contribution in [1.82, 2.24) is 0 Å². The average molecular weight is 261 g/mol. The number of benzene rings is 2. The van der Waals surface area contributed by atoms with Crippen molar-refractivity contribution >= 4 is 5.69 Å². The number of anilines is 1. The van der Waals surface area contributed by atoms with Crippen LogP contribution in [0.15, 0.2) is 36.4 Å². The minimum atomic E-state index is -0.383. The maximum absolute atomic E-state index is 13.9. The fraction of sp³-hybridized carbons (Fsp3) is 0.250. The van der Waals surface area contributed by atoms with Crippen molar-refractivity contribution in [3.05, 3.63) is 64.7 Å². The summed E-state index contributed by atoms with van der Waals surface area (Å²) in [6, 6.07) is 10.00. The number of aryl methyl sites for hydroxylation is 2. The largest absolute Gasteiger partial charge is 0.378 e. The second-order valence-electron chi connectivity index (χ2n) is 4.86. The van der Waals surface area contributed by atoms with E-state index in [1.165, 1.54) is 12.1 Å². The van der Waals surface area contributed by atoms with Crippen LogP contribution in [0.2, 0.25) is 0 Å². The molecule has 0 aromatic heterocycles. The van der Waals surface area contributed by atoms with E-state index in [1.807, 2.05) is 38.1 Å². The molecule has 0 fully saturated rings. The zero-order chi connectivity index (χ0) is 14.0. The molecule has 1 N–H and O–H groups in total. The maximum Gasteiger partial charge on any atom is 0.128 e. The molecule has 0 aliphatic rings. The number of hydrogen-bond donors (Lipinski definition) is 1. The lowest BCUT2D eigenvalue weighted by atomic mass is 10.0. The van der Waals surface area contributed by atoms with Gasteiger partial charge in [-0.1, -0.05) is 12.1 Å². The lowest BCUT2D eigenvalue weighted by Gasteiger charge is -2.17. The second kappa shape index (κ2) is 5.39. The van der Waals surface area contributed by atoms with E-state index in [2.05, 4.69) is 5.32 Å². The van der Waals surface area contributed by atoms with E-state index in [0.29, 0.717) is 11.1 Å². The van der Waals surface area contributed by atoms with E-state index in [1.54, 1.807) is 6.92 Å². The lowest BCUT2D eigenvalue weighted by molar-refractivity contribution is 0.571. The highest BCUT2D eigenvalue weighted by atomic mass is 19.1. The molecule has 0 heterocycles. The third-order valence-corrected chi connectivity index (χ3v) is 3.15. The van der Waals surface area contributed by atoms with E-state index >= 15 is 0 Å². The van der Waals surface area contributed by atoms with Gasteiger partial charge < -0.3 is 5.32 Å². The summed E-state index contributed by atoms with van der Waals surface area (Å²) in [7, 11) is 0. The molecule has 100 valence electrons. The van der Waals surface area contributed by atoms with Crippen LogP contribution in [0.4, 0.5) is 14.5 Å². The molecule has 0 radical (unpaired) electrons. The fourth-order valence-corrected chi connectivity index (χ4v) is 2.06. The van der Waals surface area contributed by atoms with E-state index in [-0.39, 0.29) is 17.7 Å². The van der Waals surface area contributed by atoms with Gasteiger partial charge in [-0.3, -0.25) is 0 Å². The second-order valence-corrected chi connectivity index (χ2v) is 4.86. The van der Waals surface area contributed by atoms with Gasteiger partial charge in [0.15, 0.2) is 0 Å². The highest BCUT2D eigenvalue weighted by molar-refractivity contribution is 5.47. The number of nitrogens with one attached hydrogen (secondary N) is 1. The zero-order valence-corrected chi connectivity index (χ0v) is 11.3. The molecule has 0 saturated carbocycles. The van der Waals surface area contributed by atoms with Gasteiger partial charge in [0.1, 0.15) is 11.6 Å². The van der Waals surface area contributed by atoms with Crippen LogP contribution in [0.3, 0.4) is 0 Å². The molecule has 3 heteroatoms. The van der Waals surface area contributed by atoms with Crippen molar-refractivity contribution < 1.29 is 8.78 Å². The molecule has 0 saturated heterocycles. The quantitative estimate of drug-likeness (QED) is 0.840. The Hall–Kier alpha value is -1.90. The Balaban J connectivity index is 2.25. The monoisotopic (exact) mass is 261 g/mol. The first-order valence-corrected chi connectivity index (χ1v) is 6.26. The number of halogens is 2. The number of hydrogen-bond acceptors (Lipinski definition) is 1. The molecule has 0 spiro atoms. The molecule has 1 unspecified atom stereocenters. The van der Waals surface area contributed by atoms with Crippen molar-refractivity contribution in [2.24, 2.45) is 0 Å². The average Bonchev–Trinajstić information content (AvgIpc) is 2.33. The molecule has 2 aromatic rings.